The minimum atomic E-state index is -0.245. The molecule has 20 heavy (non-hydrogen) atoms. The molecule has 0 aliphatic carbocycles. The maximum atomic E-state index is 11.9. The Balaban J connectivity index is 1.82. The van der Waals surface area contributed by atoms with Crippen LogP contribution in [0.1, 0.15) is 15.9 Å². The molecule has 1 aromatic carbocycles. The maximum Gasteiger partial charge on any atom is 0.288 e. The van der Waals surface area contributed by atoms with Crippen LogP contribution in [-0.4, -0.2) is 40.8 Å². The van der Waals surface area contributed by atoms with Crippen molar-refractivity contribution in [3.8, 4) is 0 Å². The first-order chi connectivity index (χ1) is 9.61. The molecule has 1 fully saturated rings. The van der Waals surface area contributed by atoms with E-state index in [9.17, 15) is 14.4 Å². The van der Waals surface area contributed by atoms with Crippen LogP contribution < -0.4 is 5.32 Å². The molecular formula is C13H13BrN2O3S. The van der Waals surface area contributed by atoms with Gasteiger partial charge in [-0.3, -0.25) is 19.3 Å². The zero-order valence-electron chi connectivity index (χ0n) is 10.6. The Morgan fingerprint density at radius 2 is 2.00 bits per heavy atom. The minimum Gasteiger partial charge on any atom is -0.350 e. The topological polar surface area (TPSA) is 66.5 Å². The van der Waals surface area contributed by atoms with Gasteiger partial charge in [0.1, 0.15) is 0 Å². The molecule has 5 nitrogen and oxygen atoms in total. The van der Waals surface area contributed by atoms with E-state index >= 15 is 0 Å². The fourth-order valence-electron chi connectivity index (χ4n) is 1.73. The van der Waals surface area contributed by atoms with Gasteiger partial charge in [0, 0.05) is 24.0 Å². The van der Waals surface area contributed by atoms with Gasteiger partial charge in [-0.05, 0) is 17.7 Å². The van der Waals surface area contributed by atoms with Crippen LogP contribution in [-0.2, 0) is 10.1 Å². The third-order valence-corrected chi connectivity index (χ3v) is 4.34. The van der Waals surface area contributed by atoms with Crippen LogP contribution in [0.2, 0.25) is 0 Å². The number of hydrogen-bond donors (Lipinski definition) is 1. The van der Waals surface area contributed by atoms with Gasteiger partial charge in [-0.1, -0.05) is 39.8 Å². The van der Waals surface area contributed by atoms with Crippen LogP contribution in [0.4, 0.5) is 4.79 Å². The van der Waals surface area contributed by atoms with Crippen LogP contribution in [0.25, 0.3) is 0 Å². The summed E-state index contributed by atoms with van der Waals surface area (Å²) in [5.74, 6) is -0.213. The predicted molar refractivity (Wildman–Crippen MR) is 81.0 cm³/mol. The third kappa shape index (κ3) is 3.61. The zero-order chi connectivity index (χ0) is 14.5. The van der Waals surface area contributed by atoms with E-state index in [0.29, 0.717) is 5.56 Å². The van der Waals surface area contributed by atoms with Crippen molar-refractivity contribution in [1.29, 1.82) is 0 Å². The lowest BCUT2D eigenvalue weighted by Gasteiger charge is -2.13. The highest BCUT2D eigenvalue weighted by Crippen LogP contribution is 2.17. The van der Waals surface area contributed by atoms with E-state index in [2.05, 4.69) is 21.2 Å². The molecule has 106 valence electrons. The second-order valence-corrected chi connectivity index (χ2v) is 5.67. The molecule has 0 aromatic heterocycles. The molecule has 0 bridgehead atoms. The van der Waals surface area contributed by atoms with Crippen molar-refractivity contribution in [3.63, 3.8) is 0 Å². The molecule has 0 unspecified atom stereocenters. The molecule has 0 radical (unpaired) electrons. The number of carbonyl (C=O) groups excluding carboxylic acids is 3. The first-order valence-corrected chi connectivity index (χ1v) is 8.12. The third-order valence-electron chi connectivity index (χ3n) is 2.83. The number of halogens is 1. The average molecular weight is 357 g/mol. The molecule has 1 N–H and O–H groups in total. The Morgan fingerprint density at radius 3 is 2.55 bits per heavy atom. The zero-order valence-corrected chi connectivity index (χ0v) is 13.0. The Labute approximate surface area is 129 Å². The Bertz CT molecular complexity index is 517. The van der Waals surface area contributed by atoms with Crippen molar-refractivity contribution in [2.24, 2.45) is 0 Å². The molecular weight excluding hydrogens is 344 g/mol. The highest BCUT2D eigenvalue weighted by Gasteiger charge is 2.29. The van der Waals surface area contributed by atoms with E-state index in [0.717, 1.165) is 22.7 Å². The number of carbonyl (C=O) groups is 3. The number of thioether (sulfide) groups is 1. The summed E-state index contributed by atoms with van der Waals surface area (Å²) in [6.45, 7) is 0.479. The number of nitrogens with one attached hydrogen (secondary N) is 1. The second-order valence-electron chi connectivity index (χ2n) is 4.19. The number of hydrogen-bond acceptors (Lipinski definition) is 4. The van der Waals surface area contributed by atoms with Crippen molar-refractivity contribution in [3.05, 3.63) is 35.4 Å². The number of benzene rings is 1. The maximum absolute atomic E-state index is 11.9. The Morgan fingerprint density at radius 1 is 1.30 bits per heavy atom. The van der Waals surface area contributed by atoms with Gasteiger partial charge in [-0.2, -0.15) is 0 Å². The standard InChI is InChI=1S/C13H13BrN2O3S/c14-7-9-1-3-10(4-2-9)12(18)15-5-6-16-11(17)8-20-13(16)19/h1-4H,5-8H2,(H,15,18). The summed E-state index contributed by atoms with van der Waals surface area (Å²) >= 11 is 4.33. The number of rotatable bonds is 5. The van der Waals surface area contributed by atoms with E-state index in [1.165, 1.54) is 4.90 Å². The molecule has 1 aromatic rings. The molecule has 2 rings (SSSR count). The van der Waals surface area contributed by atoms with E-state index < -0.39 is 0 Å². The van der Waals surface area contributed by atoms with Crippen molar-refractivity contribution >= 4 is 44.7 Å². The molecule has 0 saturated carbocycles. The largest absolute Gasteiger partial charge is 0.350 e. The van der Waals surface area contributed by atoms with Crippen LogP contribution in [0.3, 0.4) is 0 Å². The van der Waals surface area contributed by atoms with Gasteiger partial charge < -0.3 is 5.32 Å². The number of amides is 3. The van der Waals surface area contributed by atoms with Crippen LogP contribution in [0.15, 0.2) is 24.3 Å². The first kappa shape index (κ1) is 15.1. The SMILES string of the molecule is O=C(NCCN1C(=O)CSC1=O)c1ccc(CBr)cc1. The lowest BCUT2D eigenvalue weighted by molar-refractivity contribution is -0.124. The lowest BCUT2D eigenvalue weighted by atomic mass is 10.1. The van der Waals surface area contributed by atoms with Crippen molar-refractivity contribution in [1.82, 2.24) is 10.2 Å². The summed E-state index contributed by atoms with van der Waals surface area (Å²) in [5, 5.41) is 3.20. The van der Waals surface area contributed by atoms with Gasteiger partial charge in [0.2, 0.25) is 5.91 Å². The molecule has 1 saturated heterocycles. The van der Waals surface area contributed by atoms with Gasteiger partial charge in [-0.15, -0.1) is 0 Å². The van der Waals surface area contributed by atoms with E-state index in [1.54, 1.807) is 12.1 Å². The predicted octanol–water partition coefficient (Wildman–Crippen LogP) is 2.01. The normalized spacial score (nSPS) is 14.8. The molecule has 7 heteroatoms. The van der Waals surface area contributed by atoms with Gasteiger partial charge >= 0.3 is 0 Å². The molecule has 0 spiro atoms. The van der Waals surface area contributed by atoms with Gasteiger partial charge in [0.25, 0.3) is 11.1 Å². The van der Waals surface area contributed by atoms with Crippen LogP contribution in [0.5, 0.6) is 0 Å². The summed E-state index contributed by atoms with van der Waals surface area (Å²) in [6, 6.07) is 7.23. The molecule has 3 amide bonds. The highest BCUT2D eigenvalue weighted by molar-refractivity contribution is 9.08. The van der Waals surface area contributed by atoms with Crippen molar-refractivity contribution in [2.75, 3.05) is 18.8 Å². The summed E-state index contributed by atoms with van der Waals surface area (Å²) in [6.07, 6.45) is 0. The molecule has 0 atom stereocenters. The Kier molecular flexibility index (Phi) is 5.19. The number of alkyl halides is 1. The summed E-state index contributed by atoms with van der Waals surface area (Å²) in [4.78, 5) is 35.8. The number of nitrogens with zero attached hydrogens (tertiary/aromatic N) is 1. The van der Waals surface area contributed by atoms with Gasteiger partial charge in [-0.25, -0.2) is 0 Å². The van der Waals surface area contributed by atoms with Gasteiger partial charge in [0.05, 0.1) is 5.75 Å². The quantitative estimate of drug-likeness (QED) is 0.819. The average Bonchev–Trinajstić information content (AvgIpc) is 2.79. The van der Waals surface area contributed by atoms with Gasteiger partial charge in [0.15, 0.2) is 0 Å². The van der Waals surface area contributed by atoms with E-state index in [4.69, 9.17) is 0 Å². The summed E-state index contributed by atoms with van der Waals surface area (Å²) in [5.41, 5.74) is 1.65. The summed E-state index contributed by atoms with van der Waals surface area (Å²) in [7, 11) is 0. The fraction of sp³-hybridized carbons (Fsp3) is 0.308. The molecule has 1 heterocycles. The van der Waals surface area contributed by atoms with Crippen molar-refractivity contribution in [2.45, 2.75) is 5.33 Å². The van der Waals surface area contributed by atoms with Crippen molar-refractivity contribution < 1.29 is 14.4 Å². The molecule has 1 aliphatic heterocycles. The molecule has 1 aliphatic rings. The number of imide groups is 1. The minimum absolute atomic E-state index is 0.195. The first-order valence-electron chi connectivity index (χ1n) is 6.02. The summed E-state index contributed by atoms with van der Waals surface area (Å²) < 4.78 is 0. The van der Waals surface area contributed by atoms with E-state index in [1.807, 2.05) is 12.1 Å². The smallest absolute Gasteiger partial charge is 0.288 e. The monoisotopic (exact) mass is 356 g/mol. The fourth-order valence-corrected chi connectivity index (χ4v) is 2.85. The lowest BCUT2D eigenvalue weighted by Crippen LogP contribution is -2.37. The second kappa shape index (κ2) is 6.90. The Hall–Kier alpha value is -1.34. The van der Waals surface area contributed by atoms with E-state index in [-0.39, 0.29) is 35.9 Å². The highest BCUT2D eigenvalue weighted by atomic mass is 79.9. The van der Waals surface area contributed by atoms with Crippen LogP contribution in [0, 0.1) is 0 Å². The van der Waals surface area contributed by atoms with Crippen LogP contribution >= 0.6 is 27.7 Å².